The van der Waals surface area contributed by atoms with E-state index in [-0.39, 0.29) is 12.1 Å². The van der Waals surface area contributed by atoms with Crippen molar-refractivity contribution in [1.29, 1.82) is 0 Å². The number of carbonyl (C=O) groups is 1. The Morgan fingerprint density at radius 2 is 2.06 bits per heavy atom. The van der Waals surface area contributed by atoms with Crippen molar-refractivity contribution < 1.29 is 18.7 Å². The van der Waals surface area contributed by atoms with Crippen molar-refractivity contribution in [3.63, 3.8) is 0 Å². The average Bonchev–Trinajstić information content (AvgIpc) is 2.22. The minimum absolute atomic E-state index is 0.0906. The van der Waals surface area contributed by atoms with E-state index in [9.17, 15) is 13.6 Å². The molecular weight excluding hydrogens is 216 g/mol. The van der Waals surface area contributed by atoms with E-state index in [4.69, 9.17) is 5.11 Å². The zero-order valence-electron chi connectivity index (χ0n) is 8.67. The molecular formula is C11H13F2NO2. The number of carboxylic acids is 1. The molecule has 88 valence electrons. The first kappa shape index (κ1) is 12.4. The van der Waals surface area contributed by atoms with Crippen LogP contribution in [-0.2, 0) is 4.79 Å². The van der Waals surface area contributed by atoms with Crippen LogP contribution in [0.1, 0.15) is 19.3 Å². The number of rotatable bonds is 6. The highest BCUT2D eigenvalue weighted by Gasteiger charge is 2.02. The fourth-order valence-corrected chi connectivity index (χ4v) is 1.26. The first-order valence-corrected chi connectivity index (χ1v) is 5.00. The molecule has 1 rings (SSSR count). The van der Waals surface area contributed by atoms with E-state index >= 15 is 0 Å². The van der Waals surface area contributed by atoms with Crippen molar-refractivity contribution in [2.24, 2.45) is 0 Å². The van der Waals surface area contributed by atoms with Gasteiger partial charge in [-0.1, -0.05) is 0 Å². The number of nitrogens with one attached hydrogen (secondary N) is 1. The molecule has 3 nitrogen and oxygen atoms in total. The predicted molar refractivity (Wildman–Crippen MR) is 56.3 cm³/mol. The van der Waals surface area contributed by atoms with Crippen molar-refractivity contribution in [3.05, 3.63) is 29.8 Å². The highest BCUT2D eigenvalue weighted by atomic mass is 19.1. The Kier molecular flexibility index (Phi) is 4.69. The Morgan fingerprint density at radius 3 is 2.75 bits per heavy atom. The van der Waals surface area contributed by atoms with Gasteiger partial charge in [-0.05, 0) is 31.0 Å². The van der Waals surface area contributed by atoms with Gasteiger partial charge in [-0.15, -0.1) is 0 Å². The van der Waals surface area contributed by atoms with Crippen molar-refractivity contribution in [3.8, 4) is 0 Å². The number of aliphatic carboxylic acids is 1. The third-order valence-corrected chi connectivity index (χ3v) is 2.06. The molecule has 0 fully saturated rings. The Hall–Kier alpha value is -1.65. The fourth-order valence-electron chi connectivity index (χ4n) is 1.26. The molecule has 0 heterocycles. The highest BCUT2D eigenvalue weighted by molar-refractivity contribution is 5.66. The summed E-state index contributed by atoms with van der Waals surface area (Å²) in [4.78, 5) is 10.2. The second-order valence-corrected chi connectivity index (χ2v) is 3.40. The predicted octanol–water partition coefficient (Wildman–Crippen LogP) is 2.63. The maximum atomic E-state index is 13.1. The second kappa shape index (κ2) is 6.05. The van der Waals surface area contributed by atoms with Crippen molar-refractivity contribution in [2.75, 3.05) is 11.9 Å². The van der Waals surface area contributed by atoms with Gasteiger partial charge < -0.3 is 10.4 Å². The van der Waals surface area contributed by atoms with Gasteiger partial charge in [0, 0.05) is 13.0 Å². The molecule has 0 aromatic heterocycles. The SMILES string of the molecule is O=C(O)CCCCNc1cc(F)ccc1F. The molecule has 2 N–H and O–H groups in total. The molecule has 0 radical (unpaired) electrons. The van der Waals surface area contributed by atoms with Gasteiger partial charge >= 0.3 is 5.97 Å². The normalized spacial score (nSPS) is 10.1. The summed E-state index contributed by atoms with van der Waals surface area (Å²) in [6.45, 7) is 0.424. The number of halogens is 2. The summed E-state index contributed by atoms with van der Waals surface area (Å²) in [7, 11) is 0. The molecule has 0 aliphatic heterocycles. The zero-order valence-corrected chi connectivity index (χ0v) is 8.67. The lowest BCUT2D eigenvalue weighted by atomic mass is 10.2. The number of hydrogen-bond donors (Lipinski definition) is 2. The van der Waals surface area contributed by atoms with E-state index in [1.807, 2.05) is 0 Å². The number of anilines is 1. The van der Waals surface area contributed by atoms with Gasteiger partial charge in [-0.25, -0.2) is 8.78 Å². The van der Waals surface area contributed by atoms with Gasteiger partial charge in [0.05, 0.1) is 5.69 Å². The van der Waals surface area contributed by atoms with Gasteiger partial charge in [-0.2, -0.15) is 0 Å². The van der Waals surface area contributed by atoms with Crippen LogP contribution in [0.3, 0.4) is 0 Å². The van der Waals surface area contributed by atoms with Crippen molar-refractivity contribution in [2.45, 2.75) is 19.3 Å². The van der Waals surface area contributed by atoms with Gasteiger partial charge in [0.15, 0.2) is 0 Å². The first-order valence-electron chi connectivity index (χ1n) is 5.00. The number of carboxylic acid groups (broad SMARTS) is 1. The van der Waals surface area contributed by atoms with Crippen LogP contribution in [0.15, 0.2) is 18.2 Å². The molecule has 0 saturated carbocycles. The largest absolute Gasteiger partial charge is 0.481 e. The van der Waals surface area contributed by atoms with Crippen LogP contribution < -0.4 is 5.32 Å². The van der Waals surface area contributed by atoms with Crippen LogP contribution >= 0.6 is 0 Å². The third kappa shape index (κ3) is 4.25. The Bertz CT molecular complexity index is 369. The molecule has 16 heavy (non-hydrogen) atoms. The average molecular weight is 229 g/mol. The Labute approximate surface area is 92.1 Å². The topological polar surface area (TPSA) is 49.3 Å². The van der Waals surface area contributed by atoms with Crippen LogP contribution in [-0.4, -0.2) is 17.6 Å². The zero-order chi connectivity index (χ0) is 12.0. The van der Waals surface area contributed by atoms with Crippen LogP contribution in [0.25, 0.3) is 0 Å². The molecule has 0 spiro atoms. The molecule has 5 heteroatoms. The highest BCUT2D eigenvalue weighted by Crippen LogP contribution is 2.15. The lowest BCUT2D eigenvalue weighted by Gasteiger charge is -2.06. The molecule has 0 atom stereocenters. The van der Waals surface area contributed by atoms with Crippen LogP contribution in [0.4, 0.5) is 14.5 Å². The fraction of sp³-hybridized carbons (Fsp3) is 0.364. The maximum Gasteiger partial charge on any atom is 0.303 e. The minimum Gasteiger partial charge on any atom is -0.481 e. The van der Waals surface area contributed by atoms with Gasteiger partial charge in [0.25, 0.3) is 0 Å². The lowest BCUT2D eigenvalue weighted by molar-refractivity contribution is -0.137. The second-order valence-electron chi connectivity index (χ2n) is 3.40. The molecule has 1 aromatic rings. The van der Waals surface area contributed by atoms with Gasteiger partial charge in [0.1, 0.15) is 11.6 Å². The lowest BCUT2D eigenvalue weighted by Crippen LogP contribution is -2.05. The monoisotopic (exact) mass is 229 g/mol. The maximum absolute atomic E-state index is 13.1. The van der Waals surface area contributed by atoms with Crippen molar-refractivity contribution >= 4 is 11.7 Å². The smallest absolute Gasteiger partial charge is 0.303 e. The van der Waals surface area contributed by atoms with E-state index in [0.29, 0.717) is 19.4 Å². The molecule has 0 aliphatic carbocycles. The molecule has 0 amide bonds. The van der Waals surface area contributed by atoms with E-state index in [1.165, 1.54) is 0 Å². The molecule has 1 aromatic carbocycles. The van der Waals surface area contributed by atoms with Crippen molar-refractivity contribution in [1.82, 2.24) is 0 Å². The summed E-state index contributed by atoms with van der Waals surface area (Å²) in [5.74, 6) is -1.87. The van der Waals surface area contributed by atoms with E-state index < -0.39 is 17.6 Å². The standard InChI is InChI=1S/C11H13F2NO2/c12-8-4-5-9(13)10(7-8)14-6-2-1-3-11(15)16/h4-5,7,14H,1-3,6H2,(H,15,16). The molecule has 0 saturated heterocycles. The van der Waals surface area contributed by atoms with E-state index in [2.05, 4.69) is 5.32 Å². The Morgan fingerprint density at radius 1 is 1.31 bits per heavy atom. The summed E-state index contributed by atoms with van der Waals surface area (Å²) < 4.78 is 25.8. The van der Waals surface area contributed by atoms with Gasteiger partial charge in [-0.3, -0.25) is 4.79 Å². The molecule has 0 unspecified atom stereocenters. The van der Waals surface area contributed by atoms with Gasteiger partial charge in [0.2, 0.25) is 0 Å². The van der Waals surface area contributed by atoms with Crippen LogP contribution in [0.5, 0.6) is 0 Å². The number of hydrogen-bond acceptors (Lipinski definition) is 2. The summed E-state index contributed by atoms with van der Waals surface area (Å²) >= 11 is 0. The van der Waals surface area contributed by atoms with E-state index in [0.717, 1.165) is 18.2 Å². The Balaban J connectivity index is 2.31. The third-order valence-electron chi connectivity index (χ3n) is 2.06. The summed E-state index contributed by atoms with van der Waals surface area (Å²) in [6.07, 6.45) is 1.20. The summed E-state index contributed by atoms with van der Waals surface area (Å²) in [5, 5.41) is 11.1. The minimum atomic E-state index is -0.850. The first-order chi connectivity index (χ1) is 7.59. The summed E-state index contributed by atoms with van der Waals surface area (Å²) in [5.41, 5.74) is 0.107. The van der Waals surface area contributed by atoms with Crippen LogP contribution in [0.2, 0.25) is 0 Å². The van der Waals surface area contributed by atoms with Crippen LogP contribution in [0, 0.1) is 11.6 Å². The molecule has 0 aliphatic rings. The number of unbranched alkanes of at least 4 members (excludes halogenated alkanes) is 1. The van der Waals surface area contributed by atoms with E-state index in [1.54, 1.807) is 0 Å². The molecule has 0 bridgehead atoms. The number of benzene rings is 1. The quantitative estimate of drug-likeness (QED) is 0.737. The summed E-state index contributed by atoms with van der Waals surface area (Å²) in [6, 6.07) is 3.17.